The highest BCUT2D eigenvalue weighted by Crippen LogP contribution is 2.38. The second-order valence-electron chi connectivity index (χ2n) is 8.96. The molecule has 2 N–H and O–H groups in total. The third kappa shape index (κ3) is 3.35. The molecule has 0 radical (unpaired) electrons. The van der Waals surface area contributed by atoms with E-state index in [0.29, 0.717) is 37.4 Å². The number of nitriles is 1. The zero-order valence-electron chi connectivity index (χ0n) is 16.8. The standard InChI is InChI=1S/C23H25ClN4O2/c24-14-5-6-19-17(11-14)18-12-28(10-7-20(18)26-19)22(30)16-4-2-1-3-15(16)21(29)27-23(13-25)8-9-23/h5-6,11,15-16,26H,1-4,7-10,12H2,(H,27,29)/t15-,16-/m1/s1. The van der Waals surface area contributed by atoms with Crippen LogP contribution in [0.2, 0.25) is 5.02 Å². The topological polar surface area (TPSA) is 89.0 Å². The Kier molecular flexibility index (Phi) is 4.74. The second-order valence-corrected chi connectivity index (χ2v) is 9.40. The molecule has 6 nitrogen and oxygen atoms in total. The molecule has 1 aromatic heterocycles. The average molecular weight is 425 g/mol. The van der Waals surface area contributed by atoms with Gasteiger partial charge in [0.2, 0.25) is 11.8 Å². The first kappa shape index (κ1) is 19.4. The van der Waals surface area contributed by atoms with Gasteiger partial charge in [-0.15, -0.1) is 0 Å². The molecule has 2 aliphatic carbocycles. The highest BCUT2D eigenvalue weighted by atomic mass is 35.5. The summed E-state index contributed by atoms with van der Waals surface area (Å²) < 4.78 is 0. The summed E-state index contributed by atoms with van der Waals surface area (Å²) in [4.78, 5) is 31.8. The van der Waals surface area contributed by atoms with Crippen LogP contribution in [0.25, 0.3) is 10.9 Å². The lowest BCUT2D eigenvalue weighted by Crippen LogP contribution is -2.48. The highest BCUT2D eigenvalue weighted by molar-refractivity contribution is 6.31. The fourth-order valence-electron chi connectivity index (χ4n) is 5.07. The van der Waals surface area contributed by atoms with Crippen LogP contribution in [0.4, 0.5) is 0 Å². The lowest BCUT2D eigenvalue weighted by atomic mass is 9.77. The van der Waals surface area contributed by atoms with Gasteiger partial charge in [-0.05, 0) is 43.9 Å². The fraction of sp³-hybridized carbons (Fsp3) is 0.522. The van der Waals surface area contributed by atoms with Gasteiger partial charge in [-0.3, -0.25) is 9.59 Å². The summed E-state index contributed by atoms with van der Waals surface area (Å²) >= 11 is 6.20. The Morgan fingerprint density at radius 1 is 1.23 bits per heavy atom. The van der Waals surface area contributed by atoms with Gasteiger partial charge in [0.1, 0.15) is 5.54 Å². The van der Waals surface area contributed by atoms with Crippen molar-refractivity contribution in [2.75, 3.05) is 6.54 Å². The first-order valence-electron chi connectivity index (χ1n) is 10.8. The molecule has 3 aliphatic rings. The minimum Gasteiger partial charge on any atom is -0.358 e. The van der Waals surface area contributed by atoms with Gasteiger partial charge in [0.15, 0.2) is 0 Å². The minimum absolute atomic E-state index is 0.0682. The Labute approximate surface area is 180 Å². The third-order valence-electron chi connectivity index (χ3n) is 7.00. The lowest BCUT2D eigenvalue weighted by Gasteiger charge is -2.36. The van der Waals surface area contributed by atoms with Crippen molar-refractivity contribution in [2.45, 2.75) is 57.0 Å². The summed E-state index contributed by atoms with van der Waals surface area (Å²) in [6.07, 6.45) is 5.55. The molecule has 5 rings (SSSR count). The van der Waals surface area contributed by atoms with Crippen molar-refractivity contribution in [1.82, 2.24) is 15.2 Å². The number of carbonyl (C=O) groups excluding carboxylic acids is 2. The maximum absolute atomic E-state index is 13.5. The number of nitrogens with zero attached hydrogens (tertiary/aromatic N) is 2. The Morgan fingerprint density at radius 3 is 2.73 bits per heavy atom. The van der Waals surface area contributed by atoms with E-state index in [0.717, 1.165) is 42.1 Å². The lowest BCUT2D eigenvalue weighted by molar-refractivity contribution is -0.144. The minimum atomic E-state index is -0.689. The van der Waals surface area contributed by atoms with E-state index in [9.17, 15) is 14.9 Å². The van der Waals surface area contributed by atoms with Gasteiger partial charge >= 0.3 is 0 Å². The summed E-state index contributed by atoms with van der Waals surface area (Å²) in [6, 6.07) is 8.02. The smallest absolute Gasteiger partial charge is 0.226 e. The van der Waals surface area contributed by atoms with Crippen LogP contribution in [-0.2, 0) is 22.6 Å². The van der Waals surface area contributed by atoms with Crippen molar-refractivity contribution in [2.24, 2.45) is 11.8 Å². The van der Waals surface area contributed by atoms with Crippen LogP contribution in [0.5, 0.6) is 0 Å². The zero-order chi connectivity index (χ0) is 20.9. The molecule has 2 aromatic rings. The van der Waals surface area contributed by atoms with Crippen LogP contribution < -0.4 is 5.32 Å². The number of rotatable bonds is 3. The highest BCUT2D eigenvalue weighted by Gasteiger charge is 2.47. The van der Waals surface area contributed by atoms with Crippen molar-refractivity contribution in [1.29, 1.82) is 5.26 Å². The molecule has 1 aliphatic heterocycles. The number of benzene rings is 1. The van der Waals surface area contributed by atoms with Gasteiger partial charge in [-0.2, -0.15) is 5.26 Å². The van der Waals surface area contributed by atoms with Crippen LogP contribution in [0.3, 0.4) is 0 Å². The molecule has 30 heavy (non-hydrogen) atoms. The Balaban J connectivity index is 1.36. The number of aromatic nitrogens is 1. The molecule has 2 atom stereocenters. The van der Waals surface area contributed by atoms with Crippen LogP contribution >= 0.6 is 11.6 Å². The van der Waals surface area contributed by atoms with E-state index in [2.05, 4.69) is 16.4 Å². The number of carbonyl (C=O) groups is 2. The van der Waals surface area contributed by atoms with E-state index in [1.807, 2.05) is 23.1 Å². The molecule has 2 fully saturated rings. The summed E-state index contributed by atoms with van der Waals surface area (Å²) in [5.41, 5.74) is 2.65. The molecule has 0 bridgehead atoms. The number of amides is 2. The van der Waals surface area contributed by atoms with Crippen molar-refractivity contribution in [3.05, 3.63) is 34.5 Å². The van der Waals surface area contributed by atoms with Crippen LogP contribution in [-0.4, -0.2) is 33.8 Å². The number of hydrogen-bond donors (Lipinski definition) is 2. The first-order valence-corrected chi connectivity index (χ1v) is 11.2. The number of halogens is 1. The number of nitrogens with one attached hydrogen (secondary N) is 2. The van der Waals surface area contributed by atoms with Gasteiger partial charge in [-0.25, -0.2) is 0 Å². The fourth-order valence-corrected chi connectivity index (χ4v) is 5.24. The van der Waals surface area contributed by atoms with E-state index in [4.69, 9.17) is 11.6 Å². The van der Waals surface area contributed by atoms with Crippen molar-refractivity contribution in [3.8, 4) is 6.07 Å². The molecule has 0 spiro atoms. The van der Waals surface area contributed by atoms with Gasteiger partial charge in [0.25, 0.3) is 0 Å². The predicted molar refractivity (Wildman–Crippen MR) is 114 cm³/mol. The van der Waals surface area contributed by atoms with Crippen molar-refractivity contribution >= 4 is 34.3 Å². The number of hydrogen-bond acceptors (Lipinski definition) is 3. The zero-order valence-corrected chi connectivity index (χ0v) is 17.6. The number of fused-ring (bicyclic) bond motifs is 3. The molecule has 7 heteroatoms. The average Bonchev–Trinajstić information content (AvgIpc) is 3.45. The molecule has 0 saturated heterocycles. The molecule has 1 aromatic carbocycles. The van der Waals surface area contributed by atoms with Gasteiger partial charge in [-0.1, -0.05) is 24.4 Å². The third-order valence-corrected chi connectivity index (χ3v) is 7.23. The van der Waals surface area contributed by atoms with E-state index in [1.54, 1.807) is 0 Å². The van der Waals surface area contributed by atoms with Crippen LogP contribution in [0.1, 0.15) is 49.8 Å². The first-order chi connectivity index (χ1) is 14.5. The molecule has 2 amide bonds. The van der Waals surface area contributed by atoms with E-state index in [1.165, 1.54) is 5.69 Å². The number of H-pyrrole nitrogens is 1. The van der Waals surface area contributed by atoms with Crippen molar-refractivity contribution < 1.29 is 9.59 Å². The molecular formula is C23H25ClN4O2. The van der Waals surface area contributed by atoms with E-state index in [-0.39, 0.29) is 23.7 Å². The Bertz CT molecular complexity index is 1070. The van der Waals surface area contributed by atoms with E-state index >= 15 is 0 Å². The predicted octanol–water partition coefficient (Wildman–Crippen LogP) is 3.68. The summed E-state index contributed by atoms with van der Waals surface area (Å²) in [5, 5.41) is 14.0. The maximum atomic E-state index is 13.5. The normalized spacial score (nSPS) is 24.7. The molecule has 156 valence electrons. The van der Waals surface area contributed by atoms with Crippen LogP contribution in [0, 0.1) is 23.2 Å². The summed E-state index contributed by atoms with van der Waals surface area (Å²) in [5.74, 6) is -0.693. The van der Waals surface area contributed by atoms with E-state index < -0.39 is 5.54 Å². The Morgan fingerprint density at radius 2 is 2.00 bits per heavy atom. The molecule has 2 saturated carbocycles. The Hall–Kier alpha value is -2.52. The summed E-state index contributed by atoms with van der Waals surface area (Å²) in [7, 11) is 0. The number of aromatic amines is 1. The van der Waals surface area contributed by atoms with Crippen molar-refractivity contribution in [3.63, 3.8) is 0 Å². The van der Waals surface area contributed by atoms with Crippen LogP contribution in [0.15, 0.2) is 18.2 Å². The quantitative estimate of drug-likeness (QED) is 0.787. The maximum Gasteiger partial charge on any atom is 0.226 e. The van der Waals surface area contributed by atoms with Gasteiger partial charge < -0.3 is 15.2 Å². The molecule has 0 unspecified atom stereocenters. The SMILES string of the molecule is N#CC1(NC(=O)[C@@H]2CCCC[C@H]2C(=O)N2CCc3[nH]c4ccc(Cl)cc4c3C2)CC1. The second kappa shape index (κ2) is 7.31. The molecular weight excluding hydrogens is 400 g/mol. The van der Waals surface area contributed by atoms with Gasteiger partial charge in [0, 0.05) is 58.5 Å². The largest absolute Gasteiger partial charge is 0.358 e. The van der Waals surface area contributed by atoms with Gasteiger partial charge in [0.05, 0.1) is 6.07 Å². The molecule has 2 heterocycles. The summed E-state index contributed by atoms with van der Waals surface area (Å²) in [6.45, 7) is 1.20. The monoisotopic (exact) mass is 424 g/mol.